The Balaban J connectivity index is 1.87. The van der Waals surface area contributed by atoms with Crippen LogP contribution in [0.15, 0.2) is 84.0 Å². The van der Waals surface area contributed by atoms with Crippen LogP contribution in [0.1, 0.15) is 0 Å². The molecule has 0 bridgehead atoms. The summed E-state index contributed by atoms with van der Waals surface area (Å²) in [7, 11) is -1.04. The molecule has 0 amide bonds. The number of imidazole rings is 1. The van der Waals surface area contributed by atoms with Crippen LogP contribution in [0.3, 0.4) is 0 Å². The number of aromatic nitrogens is 2. The van der Waals surface area contributed by atoms with Crippen molar-refractivity contribution in [2.45, 2.75) is 4.90 Å². The van der Waals surface area contributed by atoms with Gasteiger partial charge in [0.15, 0.2) is 0 Å². The average Bonchev–Trinajstić information content (AvgIpc) is 3.24. The summed E-state index contributed by atoms with van der Waals surface area (Å²) in [5.74, 6) is 1.48. The van der Waals surface area contributed by atoms with Crippen LogP contribution in [0.5, 0.6) is 11.5 Å². The summed E-state index contributed by atoms with van der Waals surface area (Å²) in [4.78, 5) is 4.46. The Morgan fingerprint density at radius 3 is 1.77 bits per heavy atom. The lowest BCUT2D eigenvalue weighted by Crippen LogP contribution is -2.00. The highest BCUT2D eigenvalue weighted by Crippen LogP contribution is 2.35. The number of nitrogens with zero attached hydrogens (tertiary/aromatic N) is 2. The third kappa shape index (κ3) is 4.16. The molecule has 158 valence electrons. The van der Waals surface area contributed by atoms with Gasteiger partial charge in [-0.1, -0.05) is 0 Å². The van der Waals surface area contributed by atoms with Gasteiger partial charge in [-0.05, 0) is 72.8 Å². The zero-order valence-electron chi connectivity index (χ0n) is 16.9. The van der Waals surface area contributed by atoms with E-state index in [0.29, 0.717) is 5.69 Å². The molecule has 0 saturated heterocycles. The lowest BCUT2D eigenvalue weighted by atomic mass is 10.0. The predicted molar refractivity (Wildman–Crippen MR) is 117 cm³/mol. The fourth-order valence-electron chi connectivity index (χ4n) is 3.31. The highest BCUT2D eigenvalue weighted by atomic mass is 32.2. The Kier molecular flexibility index (Phi) is 5.50. The SMILES string of the molecule is COc1ccc(-c2ncn(-c3ccc(S(=O)(=O)O)cc3)c2-c2ccc(OC)cc2)cc1. The molecule has 0 fully saturated rings. The third-order valence-electron chi connectivity index (χ3n) is 4.91. The van der Waals surface area contributed by atoms with E-state index in [0.717, 1.165) is 34.0 Å². The second-order valence-corrected chi connectivity index (χ2v) is 8.16. The Morgan fingerprint density at radius 2 is 1.29 bits per heavy atom. The van der Waals surface area contributed by atoms with Crippen molar-refractivity contribution < 1.29 is 22.4 Å². The van der Waals surface area contributed by atoms with Gasteiger partial charge < -0.3 is 9.47 Å². The van der Waals surface area contributed by atoms with Crippen LogP contribution in [0.2, 0.25) is 0 Å². The summed E-state index contributed by atoms with van der Waals surface area (Å²) in [6, 6.07) is 21.2. The highest BCUT2D eigenvalue weighted by molar-refractivity contribution is 7.85. The molecular weight excluding hydrogens is 416 g/mol. The summed E-state index contributed by atoms with van der Waals surface area (Å²) in [5, 5.41) is 0. The van der Waals surface area contributed by atoms with Gasteiger partial charge in [0.05, 0.1) is 30.5 Å². The standard InChI is InChI=1S/C23H20N2O5S/c1-29-19-9-3-16(4-10-19)22-23(17-5-11-20(30-2)12-6-17)25(15-24-22)18-7-13-21(14-8-18)31(26,27)28/h3-15H,1-2H3,(H,26,27,28). The molecule has 0 aliphatic carbocycles. The van der Waals surface area contributed by atoms with Gasteiger partial charge in [-0.2, -0.15) is 8.42 Å². The van der Waals surface area contributed by atoms with Crippen LogP contribution in [0.4, 0.5) is 0 Å². The monoisotopic (exact) mass is 436 g/mol. The van der Waals surface area contributed by atoms with Gasteiger partial charge >= 0.3 is 0 Å². The second-order valence-electron chi connectivity index (χ2n) is 6.74. The van der Waals surface area contributed by atoms with E-state index >= 15 is 0 Å². The van der Waals surface area contributed by atoms with Crippen LogP contribution < -0.4 is 9.47 Å². The summed E-state index contributed by atoms with van der Waals surface area (Å²) in [5.41, 5.74) is 4.09. The largest absolute Gasteiger partial charge is 0.497 e. The Hall–Kier alpha value is -3.62. The van der Waals surface area contributed by atoms with Gasteiger partial charge in [0.25, 0.3) is 10.1 Å². The molecule has 3 aromatic carbocycles. The van der Waals surface area contributed by atoms with Crippen molar-refractivity contribution in [3.63, 3.8) is 0 Å². The molecule has 8 heteroatoms. The normalized spacial score (nSPS) is 11.3. The first kappa shape index (κ1) is 20.6. The van der Waals surface area contributed by atoms with E-state index in [2.05, 4.69) is 4.98 Å². The summed E-state index contributed by atoms with van der Waals surface area (Å²) >= 11 is 0. The van der Waals surface area contributed by atoms with Gasteiger partial charge in [0, 0.05) is 16.8 Å². The number of methoxy groups -OCH3 is 2. The first-order valence-electron chi connectivity index (χ1n) is 9.35. The quantitative estimate of drug-likeness (QED) is 0.449. The molecule has 0 aliphatic rings. The molecule has 0 saturated carbocycles. The molecule has 0 radical (unpaired) electrons. The molecule has 1 aromatic heterocycles. The minimum atomic E-state index is -4.27. The number of hydrogen-bond acceptors (Lipinski definition) is 5. The van der Waals surface area contributed by atoms with Crippen molar-refractivity contribution in [3.05, 3.63) is 79.1 Å². The maximum atomic E-state index is 11.4. The lowest BCUT2D eigenvalue weighted by molar-refractivity contribution is 0.414. The Bertz CT molecular complexity index is 1290. The maximum absolute atomic E-state index is 11.4. The third-order valence-corrected chi connectivity index (χ3v) is 5.78. The van der Waals surface area contributed by atoms with Gasteiger partial charge in [-0.25, -0.2) is 4.98 Å². The molecule has 0 spiro atoms. The first-order valence-corrected chi connectivity index (χ1v) is 10.8. The highest BCUT2D eigenvalue weighted by Gasteiger charge is 2.17. The summed E-state index contributed by atoms with van der Waals surface area (Å²) in [6.07, 6.45) is 1.68. The van der Waals surface area contributed by atoms with E-state index in [1.165, 1.54) is 12.1 Å². The number of rotatable bonds is 6. The van der Waals surface area contributed by atoms with Crippen molar-refractivity contribution in [1.82, 2.24) is 9.55 Å². The van der Waals surface area contributed by atoms with Crippen LogP contribution in [-0.4, -0.2) is 36.7 Å². The maximum Gasteiger partial charge on any atom is 0.294 e. The van der Waals surface area contributed by atoms with E-state index in [1.807, 2.05) is 53.1 Å². The fraction of sp³-hybridized carbons (Fsp3) is 0.0870. The van der Waals surface area contributed by atoms with E-state index in [4.69, 9.17) is 9.47 Å². The topological polar surface area (TPSA) is 90.7 Å². The van der Waals surface area contributed by atoms with E-state index < -0.39 is 10.1 Å². The molecule has 1 heterocycles. The van der Waals surface area contributed by atoms with Crippen molar-refractivity contribution >= 4 is 10.1 Å². The Morgan fingerprint density at radius 1 is 0.774 bits per heavy atom. The van der Waals surface area contributed by atoms with Crippen LogP contribution >= 0.6 is 0 Å². The van der Waals surface area contributed by atoms with Crippen LogP contribution in [0.25, 0.3) is 28.2 Å². The zero-order chi connectivity index (χ0) is 22.0. The van der Waals surface area contributed by atoms with E-state index in [-0.39, 0.29) is 4.90 Å². The van der Waals surface area contributed by atoms with Gasteiger partial charge in [0.2, 0.25) is 0 Å². The zero-order valence-corrected chi connectivity index (χ0v) is 17.7. The number of ether oxygens (including phenoxy) is 2. The molecule has 0 aliphatic heterocycles. The molecule has 1 N–H and O–H groups in total. The lowest BCUT2D eigenvalue weighted by Gasteiger charge is -2.12. The van der Waals surface area contributed by atoms with Gasteiger partial charge in [-0.15, -0.1) is 0 Å². The van der Waals surface area contributed by atoms with Crippen molar-refractivity contribution in [3.8, 4) is 39.7 Å². The summed E-state index contributed by atoms with van der Waals surface area (Å²) in [6.45, 7) is 0. The minimum absolute atomic E-state index is 0.169. The van der Waals surface area contributed by atoms with Crippen molar-refractivity contribution in [1.29, 1.82) is 0 Å². The van der Waals surface area contributed by atoms with E-state index in [9.17, 15) is 13.0 Å². The molecular formula is C23H20N2O5S. The average molecular weight is 436 g/mol. The van der Waals surface area contributed by atoms with Crippen LogP contribution in [0, 0.1) is 0 Å². The predicted octanol–water partition coefficient (Wildman–Crippen LogP) is 4.47. The van der Waals surface area contributed by atoms with Gasteiger partial charge in [0.1, 0.15) is 17.8 Å². The van der Waals surface area contributed by atoms with Gasteiger partial charge in [-0.3, -0.25) is 9.12 Å². The van der Waals surface area contributed by atoms with Crippen LogP contribution in [-0.2, 0) is 10.1 Å². The minimum Gasteiger partial charge on any atom is -0.497 e. The summed E-state index contributed by atoms with van der Waals surface area (Å²) < 4.78 is 44.4. The molecule has 0 atom stereocenters. The molecule has 4 aromatic rings. The molecule has 4 rings (SSSR count). The molecule has 0 unspecified atom stereocenters. The first-order chi connectivity index (χ1) is 14.9. The molecule has 31 heavy (non-hydrogen) atoms. The fourth-order valence-corrected chi connectivity index (χ4v) is 3.79. The number of hydrogen-bond donors (Lipinski definition) is 1. The van der Waals surface area contributed by atoms with Crippen molar-refractivity contribution in [2.75, 3.05) is 14.2 Å². The second kappa shape index (κ2) is 8.25. The smallest absolute Gasteiger partial charge is 0.294 e. The number of benzene rings is 3. The Labute approximate surface area is 180 Å². The van der Waals surface area contributed by atoms with E-state index in [1.54, 1.807) is 32.7 Å². The molecule has 7 nitrogen and oxygen atoms in total. The van der Waals surface area contributed by atoms with Crippen molar-refractivity contribution in [2.24, 2.45) is 0 Å².